The zero-order valence-corrected chi connectivity index (χ0v) is 19.0. The second-order valence-electron chi connectivity index (χ2n) is 7.76. The van der Waals surface area contributed by atoms with E-state index in [9.17, 15) is 26.4 Å². The Kier molecular flexibility index (Phi) is 8.11. The van der Waals surface area contributed by atoms with Gasteiger partial charge in [-0.05, 0) is 36.4 Å². The molecule has 1 aliphatic heterocycles. The van der Waals surface area contributed by atoms with Crippen LogP contribution in [0.2, 0.25) is 0 Å². The number of alkyl halides is 3. The van der Waals surface area contributed by atoms with Gasteiger partial charge in [0.15, 0.2) is 0 Å². The van der Waals surface area contributed by atoms with Crippen LogP contribution in [0.3, 0.4) is 0 Å². The van der Waals surface area contributed by atoms with Crippen molar-refractivity contribution in [3.63, 3.8) is 0 Å². The molecule has 1 heterocycles. The first kappa shape index (κ1) is 25.2. The number of hydrogen-bond acceptors (Lipinski definition) is 5. The van der Waals surface area contributed by atoms with Crippen LogP contribution in [-0.2, 0) is 38.8 Å². The Bertz CT molecular complexity index is 1050. The highest BCUT2D eigenvalue weighted by Crippen LogP contribution is 2.32. The summed E-state index contributed by atoms with van der Waals surface area (Å²) >= 11 is 0. The van der Waals surface area contributed by atoms with Crippen molar-refractivity contribution in [2.75, 3.05) is 39.9 Å². The van der Waals surface area contributed by atoms with Crippen molar-refractivity contribution in [3.05, 3.63) is 65.2 Å². The van der Waals surface area contributed by atoms with E-state index < -0.39 is 21.8 Å². The molecule has 7 nitrogen and oxygen atoms in total. The molecular formula is C22H26F3N3O4S. The molecule has 0 atom stereocenters. The molecule has 0 unspecified atom stereocenters. The van der Waals surface area contributed by atoms with Crippen LogP contribution in [0.5, 0.6) is 0 Å². The van der Waals surface area contributed by atoms with Gasteiger partial charge in [-0.15, -0.1) is 0 Å². The van der Waals surface area contributed by atoms with Gasteiger partial charge in [-0.3, -0.25) is 9.69 Å². The molecule has 0 radical (unpaired) electrons. The maximum Gasteiger partial charge on any atom is 0.416 e. The van der Waals surface area contributed by atoms with Gasteiger partial charge >= 0.3 is 6.18 Å². The number of carbonyl (C=O) groups is 1. The van der Waals surface area contributed by atoms with E-state index in [1.165, 1.54) is 39.5 Å². The molecule has 11 heteroatoms. The van der Waals surface area contributed by atoms with Crippen molar-refractivity contribution in [2.45, 2.75) is 24.2 Å². The van der Waals surface area contributed by atoms with E-state index in [0.29, 0.717) is 31.9 Å². The number of sulfonamides is 1. The summed E-state index contributed by atoms with van der Waals surface area (Å²) in [4.78, 5) is 13.9. The van der Waals surface area contributed by atoms with E-state index in [2.05, 4.69) is 5.32 Å². The lowest BCUT2D eigenvalue weighted by molar-refractivity contribution is -0.138. The molecule has 2 aromatic rings. The van der Waals surface area contributed by atoms with Gasteiger partial charge in [0.25, 0.3) is 0 Å². The van der Waals surface area contributed by atoms with Crippen LogP contribution in [0.25, 0.3) is 0 Å². The summed E-state index contributed by atoms with van der Waals surface area (Å²) in [7, 11) is -2.02. The number of nitrogens with one attached hydrogen (secondary N) is 1. The number of rotatable bonds is 8. The minimum Gasteiger partial charge on any atom is -0.379 e. The van der Waals surface area contributed by atoms with Crippen LogP contribution >= 0.6 is 0 Å². The third-order valence-electron chi connectivity index (χ3n) is 5.20. The molecule has 1 aliphatic rings. The Labute approximate surface area is 191 Å². The highest BCUT2D eigenvalue weighted by atomic mass is 32.2. The van der Waals surface area contributed by atoms with Gasteiger partial charge in [-0.25, -0.2) is 8.42 Å². The molecule has 33 heavy (non-hydrogen) atoms. The first-order valence-corrected chi connectivity index (χ1v) is 11.8. The van der Waals surface area contributed by atoms with Gasteiger partial charge in [0, 0.05) is 26.2 Å². The van der Waals surface area contributed by atoms with Crippen LogP contribution in [0, 0.1) is 0 Å². The topological polar surface area (TPSA) is 79.0 Å². The summed E-state index contributed by atoms with van der Waals surface area (Å²) in [5, 5.41) is 2.70. The maximum absolute atomic E-state index is 13.1. The van der Waals surface area contributed by atoms with E-state index in [1.807, 2.05) is 0 Å². The van der Waals surface area contributed by atoms with Crippen molar-refractivity contribution in [1.29, 1.82) is 0 Å². The van der Waals surface area contributed by atoms with Gasteiger partial charge in [-0.1, -0.05) is 30.3 Å². The first-order valence-electron chi connectivity index (χ1n) is 10.3. The Morgan fingerprint density at radius 1 is 1.09 bits per heavy atom. The predicted molar refractivity (Wildman–Crippen MR) is 116 cm³/mol. The van der Waals surface area contributed by atoms with Gasteiger partial charge in [0.1, 0.15) is 0 Å². The van der Waals surface area contributed by atoms with Gasteiger partial charge in [-0.2, -0.15) is 17.5 Å². The minimum atomic E-state index is -4.46. The summed E-state index contributed by atoms with van der Waals surface area (Å²) in [6.45, 7) is 1.39. The monoisotopic (exact) mass is 485 g/mol. The summed E-state index contributed by atoms with van der Waals surface area (Å²) in [5.74, 6) is -0.355. The van der Waals surface area contributed by atoms with Gasteiger partial charge in [0.05, 0.1) is 30.2 Å². The fourth-order valence-electron chi connectivity index (χ4n) is 3.50. The largest absolute Gasteiger partial charge is 0.416 e. The first-order chi connectivity index (χ1) is 15.6. The van der Waals surface area contributed by atoms with Gasteiger partial charge in [0.2, 0.25) is 15.9 Å². The highest BCUT2D eigenvalue weighted by Gasteiger charge is 2.33. The fourth-order valence-corrected chi connectivity index (χ4v) is 4.91. The SMILES string of the molecule is CN(CC(=O)NCc1ccc(S(=O)(=O)N2CCOCC2)cc1)Cc1ccccc1C(F)(F)F. The predicted octanol–water partition coefficient (Wildman–Crippen LogP) is 2.47. The van der Waals surface area contributed by atoms with Crippen molar-refractivity contribution in [1.82, 2.24) is 14.5 Å². The number of ether oxygens (including phenoxy) is 1. The summed E-state index contributed by atoms with van der Waals surface area (Å²) in [6.07, 6.45) is -4.46. The van der Waals surface area contributed by atoms with Gasteiger partial charge < -0.3 is 10.1 Å². The standard InChI is InChI=1S/C22H26F3N3O4S/c1-27(15-18-4-2-3-5-20(18)22(23,24)25)16-21(29)26-14-17-6-8-19(9-7-17)33(30,31)28-10-12-32-13-11-28/h2-9H,10-16H2,1H3,(H,26,29). The quantitative estimate of drug-likeness (QED) is 0.622. The molecule has 3 rings (SSSR count). The maximum atomic E-state index is 13.1. The number of nitrogens with zero attached hydrogens (tertiary/aromatic N) is 2. The van der Waals surface area contributed by atoms with E-state index in [1.54, 1.807) is 19.2 Å². The lowest BCUT2D eigenvalue weighted by Gasteiger charge is -2.26. The fraction of sp³-hybridized carbons (Fsp3) is 0.409. The third-order valence-corrected chi connectivity index (χ3v) is 7.11. The number of carbonyl (C=O) groups excluding carboxylic acids is 1. The van der Waals surface area contributed by atoms with Crippen LogP contribution in [-0.4, -0.2) is 63.4 Å². The number of likely N-dealkylation sites (N-methyl/N-ethyl adjacent to an activating group) is 1. The lowest BCUT2D eigenvalue weighted by Crippen LogP contribution is -2.40. The molecule has 1 amide bonds. The second kappa shape index (κ2) is 10.6. The van der Waals surface area contributed by atoms with Crippen molar-refractivity contribution in [3.8, 4) is 0 Å². The Hall–Kier alpha value is -2.47. The second-order valence-corrected chi connectivity index (χ2v) is 9.70. The molecule has 0 aliphatic carbocycles. The average molecular weight is 486 g/mol. The number of amides is 1. The van der Waals surface area contributed by atoms with E-state index in [4.69, 9.17) is 4.74 Å². The molecule has 0 saturated carbocycles. The average Bonchev–Trinajstić information content (AvgIpc) is 2.78. The third kappa shape index (κ3) is 6.76. The molecule has 0 spiro atoms. The van der Waals surface area contributed by atoms with E-state index >= 15 is 0 Å². The van der Waals surface area contributed by atoms with E-state index in [-0.39, 0.29) is 36.0 Å². The molecule has 2 aromatic carbocycles. The molecule has 0 aromatic heterocycles. The number of halogens is 3. The van der Waals surface area contributed by atoms with Crippen molar-refractivity contribution >= 4 is 15.9 Å². The summed E-state index contributed by atoms with van der Waals surface area (Å²) in [5.41, 5.74) is 0.0797. The van der Waals surface area contributed by atoms with Crippen LogP contribution in [0.15, 0.2) is 53.4 Å². The highest BCUT2D eigenvalue weighted by molar-refractivity contribution is 7.89. The smallest absolute Gasteiger partial charge is 0.379 e. The Balaban J connectivity index is 1.52. The molecule has 1 fully saturated rings. The lowest BCUT2D eigenvalue weighted by atomic mass is 10.1. The van der Waals surface area contributed by atoms with Crippen LogP contribution < -0.4 is 5.32 Å². The molecule has 0 bridgehead atoms. The van der Waals surface area contributed by atoms with Crippen LogP contribution in [0.4, 0.5) is 13.2 Å². The number of benzene rings is 2. The molecule has 180 valence electrons. The van der Waals surface area contributed by atoms with Crippen LogP contribution in [0.1, 0.15) is 16.7 Å². The Morgan fingerprint density at radius 3 is 2.36 bits per heavy atom. The molecule has 1 N–H and O–H groups in total. The minimum absolute atomic E-state index is 0.0306. The Morgan fingerprint density at radius 2 is 1.73 bits per heavy atom. The van der Waals surface area contributed by atoms with E-state index in [0.717, 1.165) is 6.07 Å². The summed E-state index contributed by atoms with van der Waals surface area (Å²) < 4.78 is 71.3. The molecular weight excluding hydrogens is 459 g/mol. The zero-order valence-electron chi connectivity index (χ0n) is 18.1. The zero-order chi connectivity index (χ0) is 24.1. The normalized spacial score (nSPS) is 15.5. The van der Waals surface area contributed by atoms with Crippen molar-refractivity contribution in [2.24, 2.45) is 0 Å². The number of hydrogen-bond donors (Lipinski definition) is 1. The summed E-state index contributed by atoms with van der Waals surface area (Å²) in [6, 6.07) is 11.5. The van der Waals surface area contributed by atoms with Crippen molar-refractivity contribution < 1.29 is 31.1 Å². The number of morpholine rings is 1. The molecule has 1 saturated heterocycles.